The number of nitrogens with one attached hydrogen (secondary N) is 1. The van der Waals surface area contributed by atoms with Crippen LogP contribution in [0.3, 0.4) is 0 Å². The summed E-state index contributed by atoms with van der Waals surface area (Å²) in [6, 6.07) is 0.111. The topological polar surface area (TPSA) is 29.1 Å². The Kier molecular flexibility index (Phi) is 2.57. The lowest BCUT2D eigenvalue weighted by Gasteiger charge is -2.21. The normalized spacial score (nSPS) is 30.7. The lowest BCUT2D eigenvalue weighted by atomic mass is 9.85. The number of carbonyl (C=O) groups is 1. The molecule has 0 saturated carbocycles. The average Bonchev–Trinajstić information content (AvgIpc) is 2.32. The molecule has 70 valence electrons. The molecule has 0 amide bonds. The summed E-state index contributed by atoms with van der Waals surface area (Å²) >= 11 is 0. The number of carbonyl (C=O) groups excluding carboxylic acids is 1. The summed E-state index contributed by atoms with van der Waals surface area (Å²) in [5.74, 6) is 1.01. The fraction of sp³-hybridized carbons (Fsp3) is 0.900. The minimum Gasteiger partial charge on any atom is -0.307 e. The van der Waals surface area contributed by atoms with Crippen molar-refractivity contribution in [2.24, 2.45) is 11.3 Å². The molecule has 1 N–H and O–H groups in total. The first-order valence-corrected chi connectivity index (χ1v) is 4.69. The fourth-order valence-electron chi connectivity index (χ4n) is 1.63. The highest BCUT2D eigenvalue weighted by Crippen LogP contribution is 2.23. The van der Waals surface area contributed by atoms with Crippen LogP contribution in [0, 0.1) is 11.3 Å². The van der Waals surface area contributed by atoms with E-state index in [9.17, 15) is 4.79 Å². The van der Waals surface area contributed by atoms with Crippen LogP contribution in [0.4, 0.5) is 0 Å². The summed E-state index contributed by atoms with van der Waals surface area (Å²) in [6.07, 6.45) is 1.01. The van der Waals surface area contributed by atoms with Gasteiger partial charge < -0.3 is 5.32 Å². The van der Waals surface area contributed by atoms with Gasteiger partial charge in [-0.25, -0.2) is 0 Å². The van der Waals surface area contributed by atoms with Gasteiger partial charge in [0.15, 0.2) is 5.78 Å². The van der Waals surface area contributed by atoms with E-state index in [1.54, 1.807) is 0 Å². The summed E-state index contributed by atoms with van der Waals surface area (Å²) < 4.78 is 0. The Morgan fingerprint density at radius 2 is 2.00 bits per heavy atom. The summed E-state index contributed by atoms with van der Waals surface area (Å²) in [4.78, 5) is 11.7. The van der Waals surface area contributed by atoms with Gasteiger partial charge in [0.1, 0.15) is 0 Å². The smallest absolute Gasteiger partial charge is 0.155 e. The van der Waals surface area contributed by atoms with Crippen LogP contribution in [0.1, 0.15) is 34.1 Å². The molecule has 0 aromatic rings. The van der Waals surface area contributed by atoms with Crippen molar-refractivity contribution in [2.45, 2.75) is 40.2 Å². The van der Waals surface area contributed by atoms with Crippen LogP contribution in [0.25, 0.3) is 0 Å². The first-order chi connectivity index (χ1) is 5.41. The Balaban J connectivity index is 2.55. The fourth-order valence-corrected chi connectivity index (χ4v) is 1.63. The van der Waals surface area contributed by atoms with E-state index in [4.69, 9.17) is 0 Å². The molecule has 1 saturated heterocycles. The van der Waals surface area contributed by atoms with Gasteiger partial charge in [0.25, 0.3) is 0 Å². The predicted molar refractivity (Wildman–Crippen MR) is 50.0 cm³/mol. The predicted octanol–water partition coefficient (Wildman–Crippen LogP) is 1.60. The number of hydrogen-bond acceptors (Lipinski definition) is 2. The molecule has 2 heteroatoms. The van der Waals surface area contributed by atoms with Crippen molar-refractivity contribution < 1.29 is 4.79 Å². The minimum atomic E-state index is -0.193. The Morgan fingerprint density at radius 1 is 1.42 bits per heavy atom. The highest BCUT2D eigenvalue weighted by Gasteiger charge is 2.33. The second-order valence-corrected chi connectivity index (χ2v) is 4.92. The highest BCUT2D eigenvalue weighted by molar-refractivity contribution is 5.88. The summed E-state index contributed by atoms with van der Waals surface area (Å²) in [7, 11) is 0. The molecular formula is C10H19NO. The average molecular weight is 169 g/mol. The summed E-state index contributed by atoms with van der Waals surface area (Å²) in [5, 5.41) is 3.26. The zero-order chi connectivity index (χ0) is 9.35. The van der Waals surface area contributed by atoms with Crippen molar-refractivity contribution in [2.75, 3.05) is 6.54 Å². The zero-order valence-electron chi connectivity index (χ0n) is 8.48. The lowest BCUT2D eigenvalue weighted by molar-refractivity contribution is -0.128. The number of rotatable bonds is 1. The van der Waals surface area contributed by atoms with Crippen LogP contribution >= 0.6 is 0 Å². The number of ketones is 1. The van der Waals surface area contributed by atoms with Crippen LogP contribution in [-0.2, 0) is 4.79 Å². The van der Waals surface area contributed by atoms with Crippen molar-refractivity contribution in [3.8, 4) is 0 Å². The van der Waals surface area contributed by atoms with Gasteiger partial charge in [-0.15, -0.1) is 0 Å². The van der Waals surface area contributed by atoms with E-state index in [0.717, 1.165) is 13.0 Å². The third-order valence-electron chi connectivity index (χ3n) is 2.41. The molecule has 0 radical (unpaired) electrons. The zero-order valence-corrected chi connectivity index (χ0v) is 8.48. The van der Waals surface area contributed by atoms with Crippen molar-refractivity contribution in [1.29, 1.82) is 0 Å². The highest BCUT2D eigenvalue weighted by atomic mass is 16.1. The largest absolute Gasteiger partial charge is 0.307 e. The van der Waals surface area contributed by atoms with Crippen molar-refractivity contribution in [1.82, 2.24) is 5.32 Å². The molecule has 2 unspecified atom stereocenters. The third kappa shape index (κ3) is 2.07. The molecule has 0 aromatic heterocycles. The molecule has 0 aliphatic carbocycles. The van der Waals surface area contributed by atoms with Gasteiger partial charge in [0.2, 0.25) is 0 Å². The van der Waals surface area contributed by atoms with Crippen LogP contribution in [0.15, 0.2) is 0 Å². The van der Waals surface area contributed by atoms with Crippen molar-refractivity contribution in [3.05, 3.63) is 0 Å². The molecule has 12 heavy (non-hydrogen) atoms. The van der Waals surface area contributed by atoms with Gasteiger partial charge in [-0.1, -0.05) is 27.7 Å². The van der Waals surface area contributed by atoms with E-state index in [0.29, 0.717) is 11.7 Å². The molecule has 2 nitrogen and oxygen atoms in total. The monoisotopic (exact) mass is 169 g/mol. The molecule has 0 bridgehead atoms. The van der Waals surface area contributed by atoms with Gasteiger partial charge in [-0.3, -0.25) is 4.79 Å². The maximum atomic E-state index is 11.7. The SMILES string of the molecule is CC1CNC(C(=O)C(C)(C)C)C1. The second kappa shape index (κ2) is 3.17. The van der Waals surface area contributed by atoms with E-state index in [1.165, 1.54) is 0 Å². The molecular weight excluding hydrogens is 150 g/mol. The summed E-state index contributed by atoms with van der Waals surface area (Å²) in [6.45, 7) is 9.13. The van der Waals surface area contributed by atoms with Crippen LogP contribution in [-0.4, -0.2) is 18.4 Å². The molecule has 0 aromatic carbocycles. The minimum absolute atomic E-state index is 0.111. The van der Waals surface area contributed by atoms with Crippen LogP contribution in [0.5, 0.6) is 0 Å². The molecule has 1 rings (SSSR count). The number of hydrogen-bond donors (Lipinski definition) is 1. The lowest BCUT2D eigenvalue weighted by Crippen LogP contribution is -2.38. The molecule has 0 spiro atoms. The quantitative estimate of drug-likeness (QED) is 0.646. The van der Waals surface area contributed by atoms with Gasteiger partial charge in [-0.05, 0) is 18.9 Å². The Labute approximate surface area is 74.7 Å². The van der Waals surface area contributed by atoms with Crippen LogP contribution < -0.4 is 5.32 Å². The molecule has 1 fully saturated rings. The maximum Gasteiger partial charge on any atom is 0.155 e. The van der Waals surface area contributed by atoms with Crippen molar-refractivity contribution in [3.63, 3.8) is 0 Å². The standard InChI is InChI=1S/C10H19NO/c1-7-5-8(11-6-7)9(12)10(2,3)4/h7-8,11H,5-6H2,1-4H3. The van der Waals surface area contributed by atoms with E-state index in [1.807, 2.05) is 20.8 Å². The maximum absolute atomic E-state index is 11.7. The first kappa shape index (κ1) is 9.72. The van der Waals surface area contributed by atoms with Gasteiger partial charge >= 0.3 is 0 Å². The third-order valence-corrected chi connectivity index (χ3v) is 2.41. The molecule has 1 aliphatic rings. The van der Waals surface area contributed by atoms with E-state index in [-0.39, 0.29) is 11.5 Å². The molecule has 2 atom stereocenters. The Bertz CT molecular complexity index is 181. The molecule has 1 aliphatic heterocycles. The van der Waals surface area contributed by atoms with E-state index < -0.39 is 0 Å². The van der Waals surface area contributed by atoms with Crippen LogP contribution in [0.2, 0.25) is 0 Å². The van der Waals surface area contributed by atoms with E-state index >= 15 is 0 Å². The van der Waals surface area contributed by atoms with Gasteiger partial charge in [0, 0.05) is 5.41 Å². The Hall–Kier alpha value is -0.370. The van der Waals surface area contributed by atoms with Gasteiger partial charge in [-0.2, -0.15) is 0 Å². The van der Waals surface area contributed by atoms with E-state index in [2.05, 4.69) is 12.2 Å². The Morgan fingerprint density at radius 3 is 2.33 bits per heavy atom. The summed E-state index contributed by atoms with van der Waals surface area (Å²) in [5.41, 5.74) is -0.193. The molecule has 1 heterocycles. The van der Waals surface area contributed by atoms with Crippen molar-refractivity contribution >= 4 is 5.78 Å². The first-order valence-electron chi connectivity index (χ1n) is 4.69. The second-order valence-electron chi connectivity index (χ2n) is 4.92. The van der Waals surface area contributed by atoms with Gasteiger partial charge in [0.05, 0.1) is 6.04 Å². The number of Topliss-reactive ketones (excluding diaryl/α,β-unsaturated/α-hetero) is 1.